The molecule has 0 spiro atoms. The van der Waals surface area contributed by atoms with Crippen molar-refractivity contribution in [3.63, 3.8) is 0 Å². The van der Waals surface area contributed by atoms with Gasteiger partial charge < -0.3 is 10.2 Å². The molecular formula is C17H27N3O2S2. The predicted molar refractivity (Wildman–Crippen MR) is 101 cm³/mol. The molecule has 2 heterocycles. The van der Waals surface area contributed by atoms with E-state index in [4.69, 9.17) is 0 Å². The zero-order chi connectivity index (χ0) is 17.7. The van der Waals surface area contributed by atoms with Crippen LogP contribution in [0.3, 0.4) is 0 Å². The van der Waals surface area contributed by atoms with Gasteiger partial charge in [-0.2, -0.15) is 0 Å². The Balaban J connectivity index is 1.94. The number of hydrogen-bond donors (Lipinski definition) is 1. The number of likely N-dealkylation sites (N-methyl/N-ethyl adjacent to an activating group) is 2. The fraction of sp³-hybridized carbons (Fsp3) is 0.647. The van der Waals surface area contributed by atoms with Crippen molar-refractivity contribution in [2.45, 2.75) is 43.5 Å². The molecule has 0 radical (unpaired) electrons. The predicted octanol–water partition coefficient (Wildman–Crippen LogP) is 2.53. The Hall–Kier alpha value is -1.05. The number of nitrogens with one attached hydrogen (secondary N) is 1. The molecule has 1 saturated heterocycles. The van der Waals surface area contributed by atoms with Gasteiger partial charge in [0, 0.05) is 25.7 Å². The topological polar surface area (TPSA) is 52.7 Å². The van der Waals surface area contributed by atoms with Gasteiger partial charge in [0.1, 0.15) is 0 Å². The van der Waals surface area contributed by atoms with E-state index < -0.39 is 0 Å². The fourth-order valence-corrected chi connectivity index (χ4v) is 5.01. The SMILES string of the molecule is CCSc1ccc(C(=O)NC2CC(C(=O)N(CC)CC)N(C)C2)s1. The van der Waals surface area contributed by atoms with E-state index in [0.717, 1.165) is 23.7 Å². The summed E-state index contributed by atoms with van der Waals surface area (Å²) in [5, 5.41) is 3.09. The average molecular weight is 370 g/mol. The first-order valence-corrected chi connectivity index (χ1v) is 10.3. The molecule has 7 heteroatoms. The van der Waals surface area contributed by atoms with E-state index in [1.807, 2.05) is 37.9 Å². The second-order valence-electron chi connectivity index (χ2n) is 5.92. The van der Waals surface area contributed by atoms with Crippen LogP contribution in [-0.4, -0.2) is 66.1 Å². The molecular weight excluding hydrogens is 342 g/mol. The fourth-order valence-electron chi connectivity index (χ4n) is 3.06. The molecule has 2 unspecified atom stereocenters. The smallest absolute Gasteiger partial charge is 0.261 e. The molecule has 0 bridgehead atoms. The van der Waals surface area contributed by atoms with E-state index >= 15 is 0 Å². The van der Waals surface area contributed by atoms with E-state index in [1.54, 1.807) is 11.8 Å². The Labute approximate surface area is 152 Å². The van der Waals surface area contributed by atoms with Crippen LogP contribution in [-0.2, 0) is 4.79 Å². The molecule has 0 saturated carbocycles. The molecule has 2 amide bonds. The van der Waals surface area contributed by atoms with Crippen molar-refractivity contribution in [2.75, 3.05) is 32.4 Å². The number of carbonyl (C=O) groups excluding carboxylic acids is 2. The lowest BCUT2D eigenvalue weighted by molar-refractivity contribution is -0.135. The second kappa shape index (κ2) is 8.87. The van der Waals surface area contributed by atoms with E-state index in [-0.39, 0.29) is 23.9 Å². The minimum absolute atomic E-state index is 0.0244. The Kier molecular flexibility index (Phi) is 7.13. The normalized spacial score (nSPS) is 21.0. The number of nitrogens with zero attached hydrogens (tertiary/aromatic N) is 2. The molecule has 1 fully saturated rings. The van der Waals surface area contributed by atoms with Crippen molar-refractivity contribution in [1.29, 1.82) is 0 Å². The van der Waals surface area contributed by atoms with Crippen LogP contribution in [0.1, 0.15) is 36.9 Å². The Morgan fingerprint density at radius 3 is 2.67 bits per heavy atom. The first-order chi connectivity index (χ1) is 11.5. The molecule has 1 aliphatic heterocycles. The second-order valence-corrected chi connectivity index (χ2v) is 8.57. The molecule has 0 aliphatic carbocycles. The first kappa shape index (κ1) is 19.3. The summed E-state index contributed by atoms with van der Waals surface area (Å²) in [6.07, 6.45) is 0.680. The minimum atomic E-state index is -0.134. The Morgan fingerprint density at radius 1 is 1.33 bits per heavy atom. The summed E-state index contributed by atoms with van der Waals surface area (Å²) in [4.78, 5) is 29.6. The van der Waals surface area contributed by atoms with Crippen LogP contribution in [0.25, 0.3) is 0 Å². The van der Waals surface area contributed by atoms with E-state index in [0.29, 0.717) is 13.0 Å². The van der Waals surface area contributed by atoms with Gasteiger partial charge in [-0.25, -0.2) is 0 Å². The van der Waals surface area contributed by atoms with Crippen LogP contribution < -0.4 is 5.32 Å². The highest BCUT2D eigenvalue weighted by Crippen LogP contribution is 2.27. The number of amides is 2. The summed E-state index contributed by atoms with van der Waals surface area (Å²) in [5.41, 5.74) is 0. The maximum absolute atomic E-state index is 12.6. The third-order valence-electron chi connectivity index (χ3n) is 4.34. The largest absolute Gasteiger partial charge is 0.347 e. The van der Waals surface area contributed by atoms with E-state index in [9.17, 15) is 9.59 Å². The summed E-state index contributed by atoms with van der Waals surface area (Å²) in [6.45, 7) is 8.26. The maximum atomic E-state index is 12.6. The third kappa shape index (κ3) is 4.52. The lowest BCUT2D eigenvalue weighted by Gasteiger charge is -2.26. The quantitative estimate of drug-likeness (QED) is 0.751. The number of carbonyl (C=O) groups is 2. The van der Waals surface area contributed by atoms with Crippen LogP contribution in [0.4, 0.5) is 0 Å². The van der Waals surface area contributed by atoms with Gasteiger partial charge >= 0.3 is 0 Å². The van der Waals surface area contributed by atoms with Crippen molar-refractivity contribution >= 4 is 34.9 Å². The average Bonchev–Trinajstić information content (AvgIpc) is 3.15. The van der Waals surface area contributed by atoms with Gasteiger partial charge in [0.2, 0.25) is 5.91 Å². The van der Waals surface area contributed by atoms with Crippen LogP contribution >= 0.6 is 23.1 Å². The third-order valence-corrected chi connectivity index (χ3v) is 6.53. The highest BCUT2D eigenvalue weighted by molar-refractivity contribution is 8.01. The molecule has 2 rings (SSSR count). The highest BCUT2D eigenvalue weighted by atomic mass is 32.2. The molecule has 24 heavy (non-hydrogen) atoms. The molecule has 0 aromatic carbocycles. The lowest BCUT2D eigenvalue weighted by Crippen LogP contribution is -2.44. The van der Waals surface area contributed by atoms with E-state index in [2.05, 4.69) is 17.1 Å². The molecule has 1 N–H and O–H groups in total. The molecule has 134 valence electrons. The molecule has 1 aromatic heterocycles. The molecule has 1 aromatic rings. The first-order valence-electron chi connectivity index (χ1n) is 8.52. The number of rotatable bonds is 7. The van der Waals surface area contributed by atoms with E-state index in [1.165, 1.54) is 15.5 Å². The van der Waals surface area contributed by atoms with Crippen LogP contribution in [0.5, 0.6) is 0 Å². The van der Waals surface area contributed by atoms with Crippen molar-refractivity contribution in [1.82, 2.24) is 15.1 Å². The highest BCUT2D eigenvalue weighted by Gasteiger charge is 2.36. The van der Waals surface area contributed by atoms with Gasteiger partial charge in [0.25, 0.3) is 5.91 Å². The Morgan fingerprint density at radius 2 is 2.04 bits per heavy atom. The summed E-state index contributed by atoms with van der Waals surface area (Å²) < 4.78 is 1.17. The van der Waals surface area contributed by atoms with Crippen LogP contribution in [0.2, 0.25) is 0 Å². The summed E-state index contributed by atoms with van der Waals surface area (Å²) >= 11 is 3.28. The van der Waals surface area contributed by atoms with Crippen molar-refractivity contribution in [3.05, 3.63) is 17.0 Å². The summed E-state index contributed by atoms with van der Waals surface area (Å²) in [5.74, 6) is 1.14. The zero-order valence-corrected chi connectivity index (χ0v) is 16.5. The molecule has 5 nitrogen and oxygen atoms in total. The zero-order valence-electron chi connectivity index (χ0n) is 14.9. The van der Waals surface area contributed by atoms with Gasteiger partial charge in [-0.3, -0.25) is 14.5 Å². The minimum Gasteiger partial charge on any atom is -0.347 e. The van der Waals surface area contributed by atoms with Crippen LogP contribution in [0.15, 0.2) is 16.3 Å². The summed E-state index contributed by atoms with van der Waals surface area (Å²) in [6, 6.07) is 3.78. The van der Waals surface area contributed by atoms with Gasteiger partial charge in [-0.05, 0) is 45.2 Å². The number of thiophene rings is 1. The van der Waals surface area contributed by atoms with Crippen molar-refractivity contribution in [3.8, 4) is 0 Å². The summed E-state index contributed by atoms with van der Waals surface area (Å²) in [7, 11) is 1.96. The maximum Gasteiger partial charge on any atom is 0.261 e. The van der Waals surface area contributed by atoms with Crippen LogP contribution in [0, 0.1) is 0 Å². The number of likely N-dealkylation sites (tertiary alicyclic amines) is 1. The number of hydrogen-bond acceptors (Lipinski definition) is 5. The standard InChI is InChI=1S/C17H27N3O2S2/c1-5-20(6-2)17(22)13-10-12(11-19(13)4)18-16(21)14-8-9-15(24-14)23-7-3/h8-9,12-13H,5-7,10-11H2,1-4H3,(H,18,21). The van der Waals surface area contributed by atoms with Crippen molar-refractivity contribution in [2.24, 2.45) is 0 Å². The number of thioether (sulfide) groups is 1. The van der Waals surface area contributed by atoms with Crippen molar-refractivity contribution < 1.29 is 9.59 Å². The van der Waals surface area contributed by atoms with Gasteiger partial charge in [0.15, 0.2) is 0 Å². The Bertz CT molecular complexity index is 572. The monoisotopic (exact) mass is 369 g/mol. The molecule has 1 aliphatic rings. The lowest BCUT2D eigenvalue weighted by atomic mass is 10.1. The molecule has 2 atom stereocenters. The van der Waals surface area contributed by atoms with Gasteiger partial charge in [-0.1, -0.05) is 6.92 Å². The van der Waals surface area contributed by atoms with Gasteiger partial charge in [-0.15, -0.1) is 23.1 Å². The van der Waals surface area contributed by atoms with Gasteiger partial charge in [0.05, 0.1) is 15.1 Å².